The van der Waals surface area contributed by atoms with E-state index in [1.807, 2.05) is 6.07 Å². The third kappa shape index (κ3) is 4.99. The molecule has 0 atom stereocenters. The Morgan fingerprint density at radius 2 is 1.64 bits per heavy atom. The Hall–Kier alpha value is -2.25. The fraction of sp³-hybridized carbons (Fsp3) is 0.680. The van der Waals surface area contributed by atoms with Crippen LogP contribution in [0.3, 0.4) is 0 Å². The Kier molecular flexibility index (Phi) is 6.04. The number of ether oxygens (including phenoxy) is 2. The van der Waals surface area contributed by atoms with Crippen LogP contribution in [0, 0.1) is 11.8 Å². The van der Waals surface area contributed by atoms with Crippen LogP contribution in [-0.2, 0) is 4.74 Å². The smallest absolute Gasteiger partial charge is 0.391 e. The van der Waals surface area contributed by atoms with Crippen LogP contribution >= 0.6 is 0 Å². The summed E-state index contributed by atoms with van der Waals surface area (Å²) in [5.74, 6) is -1.05. The van der Waals surface area contributed by atoms with Gasteiger partial charge in [0.25, 0.3) is 6.01 Å². The SMILES string of the molecule is CC1CCC(Oc2nc3cc(C(=O)OC4CCC(C(F)(F)F)CC4)ccc3n2C2CC2)CC1. The molecule has 0 radical (unpaired) electrons. The van der Waals surface area contributed by atoms with Crippen LogP contribution in [0.15, 0.2) is 18.2 Å². The molecule has 3 fully saturated rings. The van der Waals surface area contributed by atoms with E-state index < -0.39 is 24.2 Å². The van der Waals surface area contributed by atoms with E-state index in [1.54, 1.807) is 12.1 Å². The summed E-state index contributed by atoms with van der Waals surface area (Å²) in [6, 6.07) is 6.33. The highest BCUT2D eigenvalue weighted by Crippen LogP contribution is 2.42. The van der Waals surface area contributed by atoms with E-state index in [4.69, 9.17) is 14.5 Å². The van der Waals surface area contributed by atoms with Crippen molar-refractivity contribution in [3.8, 4) is 6.01 Å². The molecule has 180 valence electrons. The molecule has 33 heavy (non-hydrogen) atoms. The van der Waals surface area contributed by atoms with Crippen molar-refractivity contribution >= 4 is 17.0 Å². The second kappa shape index (κ2) is 8.84. The Morgan fingerprint density at radius 1 is 0.970 bits per heavy atom. The molecule has 5 nitrogen and oxygen atoms in total. The van der Waals surface area contributed by atoms with E-state index >= 15 is 0 Å². The zero-order valence-corrected chi connectivity index (χ0v) is 18.9. The zero-order chi connectivity index (χ0) is 23.2. The van der Waals surface area contributed by atoms with Crippen LogP contribution in [-0.4, -0.2) is 33.9 Å². The number of imidazole rings is 1. The number of halogens is 3. The first-order chi connectivity index (χ1) is 15.8. The van der Waals surface area contributed by atoms with Gasteiger partial charge in [0.1, 0.15) is 12.2 Å². The molecule has 1 heterocycles. The van der Waals surface area contributed by atoms with Gasteiger partial charge in [-0.3, -0.25) is 4.57 Å². The van der Waals surface area contributed by atoms with Gasteiger partial charge in [0.15, 0.2) is 0 Å². The average molecular weight is 465 g/mol. The Bertz CT molecular complexity index is 998. The predicted molar refractivity (Wildman–Crippen MR) is 117 cm³/mol. The van der Waals surface area contributed by atoms with Crippen LogP contribution < -0.4 is 4.74 Å². The molecule has 0 bridgehead atoms. The second-order valence-corrected chi connectivity index (χ2v) is 10.1. The summed E-state index contributed by atoms with van der Waals surface area (Å²) in [5.41, 5.74) is 2.01. The third-order valence-corrected chi connectivity index (χ3v) is 7.45. The van der Waals surface area contributed by atoms with E-state index in [2.05, 4.69) is 11.5 Å². The highest BCUT2D eigenvalue weighted by molar-refractivity contribution is 5.94. The molecule has 3 aliphatic rings. The number of nitrogens with zero attached hydrogens (tertiary/aromatic N) is 2. The molecule has 5 rings (SSSR count). The monoisotopic (exact) mass is 464 g/mol. The summed E-state index contributed by atoms with van der Waals surface area (Å²) in [6.45, 7) is 2.28. The number of hydrogen-bond donors (Lipinski definition) is 0. The quantitative estimate of drug-likeness (QED) is 0.468. The molecule has 0 saturated heterocycles. The van der Waals surface area contributed by atoms with Crippen molar-refractivity contribution in [2.75, 3.05) is 0 Å². The molecule has 0 aliphatic heterocycles. The number of carbonyl (C=O) groups excluding carboxylic acids is 1. The number of alkyl halides is 3. The van der Waals surface area contributed by atoms with Crippen molar-refractivity contribution in [3.05, 3.63) is 23.8 Å². The summed E-state index contributed by atoms with van der Waals surface area (Å²) in [5, 5.41) is 0. The molecule has 1 aromatic heterocycles. The molecule has 1 aromatic carbocycles. The summed E-state index contributed by atoms with van der Waals surface area (Å²) in [6.07, 6.45) is 2.60. The summed E-state index contributed by atoms with van der Waals surface area (Å²) in [4.78, 5) is 17.4. The minimum Gasteiger partial charge on any atom is -0.461 e. The first kappa shape index (κ1) is 22.5. The fourth-order valence-electron chi connectivity index (χ4n) is 5.20. The zero-order valence-electron chi connectivity index (χ0n) is 18.9. The number of carbonyl (C=O) groups is 1. The summed E-state index contributed by atoms with van der Waals surface area (Å²) in [7, 11) is 0. The molecule has 0 amide bonds. The predicted octanol–water partition coefficient (Wildman–Crippen LogP) is 6.61. The number of benzene rings is 1. The van der Waals surface area contributed by atoms with Crippen molar-refractivity contribution in [2.45, 2.75) is 95.6 Å². The van der Waals surface area contributed by atoms with Gasteiger partial charge in [-0.2, -0.15) is 18.2 Å². The number of esters is 1. The average Bonchev–Trinajstić information content (AvgIpc) is 3.55. The first-order valence-electron chi connectivity index (χ1n) is 12.2. The van der Waals surface area contributed by atoms with Crippen LogP contribution in [0.4, 0.5) is 13.2 Å². The Balaban J connectivity index is 1.28. The Labute approximate surface area is 191 Å². The molecule has 2 aromatic rings. The largest absolute Gasteiger partial charge is 0.461 e. The van der Waals surface area contributed by atoms with Gasteiger partial charge in [0, 0.05) is 6.04 Å². The minimum atomic E-state index is -4.17. The lowest BCUT2D eigenvalue weighted by Crippen LogP contribution is -2.31. The number of rotatable bonds is 5. The standard InChI is InChI=1S/C25H31F3N2O3/c1-15-2-9-20(10-3-15)33-24-29-21-14-16(4-13-22(21)30(24)18-7-8-18)23(31)32-19-11-5-17(6-12-19)25(26,27)28/h4,13-15,17-20H,2-3,5-12H2,1H3. The lowest BCUT2D eigenvalue weighted by Gasteiger charge is -2.29. The van der Waals surface area contributed by atoms with E-state index in [9.17, 15) is 18.0 Å². The van der Waals surface area contributed by atoms with E-state index in [-0.39, 0.29) is 31.8 Å². The van der Waals surface area contributed by atoms with E-state index in [0.717, 1.165) is 50.0 Å². The Morgan fingerprint density at radius 3 is 2.27 bits per heavy atom. The number of hydrogen-bond acceptors (Lipinski definition) is 4. The van der Waals surface area contributed by atoms with Crippen molar-refractivity contribution in [1.29, 1.82) is 0 Å². The summed E-state index contributed by atoms with van der Waals surface area (Å²) >= 11 is 0. The third-order valence-electron chi connectivity index (χ3n) is 7.45. The lowest BCUT2D eigenvalue weighted by molar-refractivity contribution is -0.185. The van der Waals surface area contributed by atoms with Crippen molar-refractivity contribution in [3.63, 3.8) is 0 Å². The number of fused-ring (bicyclic) bond motifs is 1. The normalized spacial score (nSPS) is 28.6. The van der Waals surface area contributed by atoms with Crippen LogP contribution in [0.1, 0.15) is 87.5 Å². The second-order valence-electron chi connectivity index (χ2n) is 10.1. The van der Waals surface area contributed by atoms with Gasteiger partial charge in [0.05, 0.1) is 22.5 Å². The molecule has 0 N–H and O–H groups in total. The van der Waals surface area contributed by atoms with E-state index in [1.165, 1.54) is 0 Å². The molecular weight excluding hydrogens is 433 g/mol. The molecule has 8 heteroatoms. The maximum atomic E-state index is 12.9. The first-order valence-corrected chi connectivity index (χ1v) is 12.2. The van der Waals surface area contributed by atoms with Crippen molar-refractivity contribution < 1.29 is 27.4 Å². The van der Waals surface area contributed by atoms with Gasteiger partial charge in [-0.1, -0.05) is 6.92 Å². The van der Waals surface area contributed by atoms with Crippen LogP contribution in [0.2, 0.25) is 0 Å². The fourth-order valence-corrected chi connectivity index (χ4v) is 5.20. The van der Waals surface area contributed by atoms with Gasteiger partial charge < -0.3 is 9.47 Å². The van der Waals surface area contributed by atoms with Gasteiger partial charge >= 0.3 is 12.1 Å². The number of aromatic nitrogens is 2. The molecular formula is C25H31F3N2O3. The van der Waals surface area contributed by atoms with E-state index in [0.29, 0.717) is 23.1 Å². The van der Waals surface area contributed by atoms with Crippen molar-refractivity contribution in [2.24, 2.45) is 11.8 Å². The lowest BCUT2D eigenvalue weighted by atomic mass is 9.87. The highest BCUT2D eigenvalue weighted by Gasteiger charge is 2.42. The molecule has 3 aliphatic carbocycles. The van der Waals surface area contributed by atoms with Crippen LogP contribution in [0.5, 0.6) is 6.01 Å². The minimum absolute atomic E-state index is 0.00686. The maximum Gasteiger partial charge on any atom is 0.391 e. The van der Waals surface area contributed by atoms with Gasteiger partial charge in [-0.05, 0) is 88.3 Å². The van der Waals surface area contributed by atoms with Crippen molar-refractivity contribution in [1.82, 2.24) is 9.55 Å². The van der Waals surface area contributed by atoms with Crippen LogP contribution in [0.25, 0.3) is 11.0 Å². The molecule has 3 saturated carbocycles. The molecule has 0 unspecified atom stereocenters. The van der Waals surface area contributed by atoms with Gasteiger partial charge in [0.2, 0.25) is 0 Å². The molecule has 0 spiro atoms. The topological polar surface area (TPSA) is 53.4 Å². The van der Waals surface area contributed by atoms with Gasteiger partial charge in [-0.15, -0.1) is 0 Å². The summed E-state index contributed by atoms with van der Waals surface area (Å²) < 4.78 is 52.7. The highest BCUT2D eigenvalue weighted by atomic mass is 19.4. The van der Waals surface area contributed by atoms with Gasteiger partial charge in [-0.25, -0.2) is 4.79 Å². The maximum absolute atomic E-state index is 12.9.